The van der Waals surface area contributed by atoms with Crippen molar-refractivity contribution >= 4 is 11.9 Å². The van der Waals surface area contributed by atoms with Gasteiger partial charge in [-0.3, -0.25) is 9.59 Å². The molecule has 0 aliphatic heterocycles. The third kappa shape index (κ3) is 2.91. The number of aliphatic carboxylic acids is 2. The van der Waals surface area contributed by atoms with Gasteiger partial charge in [-0.05, 0) is 0 Å². The lowest BCUT2D eigenvalue weighted by Crippen LogP contribution is -2.55. The van der Waals surface area contributed by atoms with Crippen LogP contribution in [0.3, 0.4) is 0 Å². The van der Waals surface area contributed by atoms with Crippen molar-refractivity contribution in [1.29, 1.82) is 0 Å². The minimum atomic E-state index is -1.48. The van der Waals surface area contributed by atoms with Gasteiger partial charge in [0.2, 0.25) is 0 Å². The van der Waals surface area contributed by atoms with Crippen molar-refractivity contribution in [2.75, 3.05) is 0 Å². The predicted octanol–water partition coefficient (Wildman–Crippen LogP) is -2.47. The number of carboxylic acid groups (broad SMARTS) is 2. The molecule has 0 atom stereocenters. The molecule has 20 heavy (non-hydrogen) atoms. The minimum absolute atomic E-state index is 0.274. The monoisotopic (exact) mass is 285 g/mol. The molecule has 10 heteroatoms. The number of hydrogen-bond donors (Lipinski definition) is 2. The van der Waals surface area contributed by atoms with Gasteiger partial charge in [-0.2, -0.15) is 0 Å². The molecular weight excluding hydrogens is 274 g/mol. The Kier molecular flexibility index (Phi) is 4.41. The van der Waals surface area contributed by atoms with E-state index in [4.69, 9.17) is 10.2 Å². The van der Waals surface area contributed by atoms with Gasteiger partial charge in [0.1, 0.15) is 13.1 Å². The number of rotatable bonds is 6. The number of nitrogens with zero attached hydrogens (tertiary/aromatic N) is 3. The van der Waals surface area contributed by atoms with Crippen molar-refractivity contribution in [3.05, 3.63) is 44.1 Å². The third-order valence-electron chi connectivity index (χ3n) is 2.28. The van der Waals surface area contributed by atoms with E-state index < -0.39 is 42.1 Å². The summed E-state index contributed by atoms with van der Waals surface area (Å²) in [5, 5.41) is 17.3. The number of allylic oxidation sites excluding steroid dienone is 1. The molecule has 1 heterocycles. The zero-order valence-corrected chi connectivity index (χ0v) is 10.2. The topological polar surface area (TPSA) is 141 Å². The van der Waals surface area contributed by atoms with Crippen LogP contribution in [0, 0.1) is 0 Å². The summed E-state index contributed by atoms with van der Waals surface area (Å²) in [7, 11) is 0. The lowest BCUT2D eigenvalue weighted by atomic mass is 10.5. The van der Waals surface area contributed by atoms with Crippen molar-refractivity contribution in [3.63, 3.8) is 0 Å². The van der Waals surface area contributed by atoms with E-state index in [0.29, 0.717) is 4.57 Å². The highest BCUT2D eigenvalue weighted by Gasteiger charge is 2.17. The summed E-state index contributed by atoms with van der Waals surface area (Å²) in [6.45, 7) is 1.08. The Morgan fingerprint density at radius 3 is 1.55 bits per heavy atom. The van der Waals surface area contributed by atoms with E-state index in [1.807, 2.05) is 0 Å². The quantitative estimate of drug-likeness (QED) is 0.551. The summed E-state index contributed by atoms with van der Waals surface area (Å²) < 4.78 is 1.08. The summed E-state index contributed by atoms with van der Waals surface area (Å²) in [5.74, 6) is -2.95. The van der Waals surface area contributed by atoms with E-state index in [-0.39, 0.29) is 15.7 Å². The van der Waals surface area contributed by atoms with Crippen molar-refractivity contribution in [2.24, 2.45) is 0 Å². The molecule has 0 amide bonds. The van der Waals surface area contributed by atoms with Crippen LogP contribution in [0.5, 0.6) is 0 Å². The van der Waals surface area contributed by atoms with Crippen LogP contribution in [-0.2, 0) is 29.2 Å². The Morgan fingerprint density at radius 2 is 1.25 bits per heavy atom. The summed E-state index contributed by atoms with van der Waals surface area (Å²) in [6, 6.07) is 0. The average Bonchev–Trinajstić information content (AvgIpc) is 2.35. The van der Waals surface area contributed by atoms with Crippen LogP contribution >= 0.6 is 0 Å². The second-order valence-electron chi connectivity index (χ2n) is 3.71. The van der Waals surface area contributed by atoms with Gasteiger partial charge in [0.25, 0.3) is 0 Å². The van der Waals surface area contributed by atoms with E-state index in [0.717, 1.165) is 0 Å². The first-order valence-corrected chi connectivity index (χ1v) is 5.28. The largest absolute Gasteiger partial charge is 0.480 e. The number of hydrogen-bond acceptors (Lipinski definition) is 5. The molecular formula is C10H11N3O7. The maximum absolute atomic E-state index is 11.8. The molecule has 0 aliphatic carbocycles. The predicted molar refractivity (Wildman–Crippen MR) is 64.7 cm³/mol. The molecule has 108 valence electrons. The van der Waals surface area contributed by atoms with Gasteiger partial charge in [0, 0.05) is 0 Å². The standard InChI is InChI=1S/C10H11N3O7/c1-2-3-11-8(18)12(4-6(14)15)10(20)13(9(11)19)5-7(16)17/h2H,1,3-5H2,(H,14,15)(H,16,17). The molecule has 0 radical (unpaired) electrons. The first-order chi connectivity index (χ1) is 9.29. The van der Waals surface area contributed by atoms with Gasteiger partial charge in [0.05, 0.1) is 6.54 Å². The van der Waals surface area contributed by atoms with Gasteiger partial charge in [0.15, 0.2) is 0 Å². The lowest BCUT2D eigenvalue weighted by Gasteiger charge is -2.10. The summed E-state index contributed by atoms with van der Waals surface area (Å²) in [6.07, 6.45) is 1.18. The maximum atomic E-state index is 11.8. The Labute approximate surface area is 110 Å². The van der Waals surface area contributed by atoms with E-state index in [9.17, 15) is 24.0 Å². The minimum Gasteiger partial charge on any atom is -0.480 e. The fraction of sp³-hybridized carbons (Fsp3) is 0.300. The van der Waals surface area contributed by atoms with Gasteiger partial charge in [-0.15, -0.1) is 6.58 Å². The molecule has 2 N–H and O–H groups in total. The molecule has 0 saturated heterocycles. The first-order valence-electron chi connectivity index (χ1n) is 5.28. The Balaban J connectivity index is 3.73. The van der Waals surface area contributed by atoms with Crippen LogP contribution < -0.4 is 17.1 Å². The van der Waals surface area contributed by atoms with E-state index in [1.165, 1.54) is 6.08 Å². The highest BCUT2D eigenvalue weighted by atomic mass is 16.4. The van der Waals surface area contributed by atoms with Gasteiger partial charge in [-0.25, -0.2) is 28.1 Å². The second kappa shape index (κ2) is 5.82. The molecule has 0 aromatic carbocycles. The first kappa shape index (κ1) is 15.1. The van der Waals surface area contributed by atoms with E-state index in [2.05, 4.69) is 6.58 Å². The zero-order valence-electron chi connectivity index (χ0n) is 10.2. The SMILES string of the molecule is C=CCn1c(=O)n(CC(=O)O)c(=O)n(CC(=O)O)c1=O. The molecule has 0 fully saturated rings. The normalized spacial score (nSPS) is 10.2. The van der Waals surface area contributed by atoms with Gasteiger partial charge in [-0.1, -0.05) is 6.08 Å². The molecule has 1 rings (SSSR count). The Bertz CT molecular complexity index is 682. The van der Waals surface area contributed by atoms with Crippen LogP contribution in [0.15, 0.2) is 27.0 Å². The van der Waals surface area contributed by atoms with Crippen molar-refractivity contribution in [1.82, 2.24) is 13.7 Å². The molecule has 0 aliphatic rings. The highest BCUT2D eigenvalue weighted by molar-refractivity contribution is 5.67. The Morgan fingerprint density at radius 1 is 0.900 bits per heavy atom. The van der Waals surface area contributed by atoms with Crippen LogP contribution in [0.4, 0.5) is 0 Å². The lowest BCUT2D eigenvalue weighted by molar-refractivity contribution is -0.138. The van der Waals surface area contributed by atoms with Crippen LogP contribution in [0.2, 0.25) is 0 Å². The van der Waals surface area contributed by atoms with E-state index in [1.54, 1.807) is 0 Å². The maximum Gasteiger partial charge on any atom is 0.337 e. The molecule has 1 aromatic rings. The van der Waals surface area contributed by atoms with Crippen LogP contribution in [0.25, 0.3) is 0 Å². The number of carboxylic acids is 2. The smallest absolute Gasteiger partial charge is 0.337 e. The fourth-order valence-electron chi connectivity index (χ4n) is 1.51. The molecule has 1 aromatic heterocycles. The number of aromatic nitrogens is 3. The van der Waals surface area contributed by atoms with E-state index >= 15 is 0 Å². The van der Waals surface area contributed by atoms with Crippen molar-refractivity contribution in [2.45, 2.75) is 19.6 Å². The molecule has 0 saturated carbocycles. The van der Waals surface area contributed by atoms with Crippen molar-refractivity contribution < 1.29 is 19.8 Å². The van der Waals surface area contributed by atoms with Crippen molar-refractivity contribution in [3.8, 4) is 0 Å². The number of carbonyl (C=O) groups is 2. The summed E-state index contributed by atoms with van der Waals surface area (Å²) in [4.78, 5) is 56.7. The van der Waals surface area contributed by atoms with Crippen LogP contribution in [-0.4, -0.2) is 35.9 Å². The zero-order chi connectivity index (χ0) is 15.4. The molecule has 0 unspecified atom stereocenters. The Hall–Kier alpha value is -2.91. The van der Waals surface area contributed by atoms with Gasteiger partial charge < -0.3 is 10.2 Å². The fourth-order valence-corrected chi connectivity index (χ4v) is 1.51. The van der Waals surface area contributed by atoms with Crippen LogP contribution in [0.1, 0.15) is 0 Å². The van der Waals surface area contributed by atoms with Gasteiger partial charge >= 0.3 is 29.0 Å². The summed E-state index contributed by atoms with van der Waals surface area (Å²) >= 11 is 0. The summed E-state index contributed by atoms with van der Waals surface area (Å²) in [5.41, 5.74) is -3.56. The highest BCUT2D eigenvalue weighted by Crippen LogP contribution is 1.79. The second-order valence-corrected chi connectivity index (χ2v) is 3.71. The average molecular weight is 285 g/mol. The molecule has 0 spiro atoms. The third-order valence-corrected chi connectivity index (χ3v) is 2.28. The molecule has 0 bridgehead atoms. The molecule has 10 nitrogen and oxygen atoms in total.